The Morgan fingerprint density at radius 2 is 1.78 bits per heavy atom. The number of rotatable bonds is 5. The summed E-state index contributed by atoms with van der Waals surface area (Å²) in [6.45, 7) is 2.60. The molecule has 3 nitrogen and oxygen atoms in total. The van der Waals surface area contributed by atoms with E-state index in [0.717, 1.165) is 27.3 Å². The van der Waals surface area contributed by atoms with E-state index in [9.17, 15) is 4.79 Å². The smallest absolute Gasteiger partial charge is 0.263 e. The van der Waals surface area contributed by atoms with Gasteiger partial charge in [0, 0.05) is 29.9 Å². The van der Waals surface area contributed by atoms with Gasteiger partial charge in [0.2, 0.25) is 0 Å². The summed E-state index contributed by atoms with van der Waals surface area (Å²) in [4.78, 5) is 13.7. The molecule has 0 bridgehead atoms. The minimum atomic E-state index is -0.0496. The Morgan fingerprint density at radius 3 is 2.52 bits per heavy atom. The van der Waals surface area contributed by atoms with Crippen LogP contribution in [0.2, 0.25) is 0 Å². The minimum absolute atomic E-state index is 0.0496. The van der Waals surface area contributed by atoms with Crippen molar-refractivity contribution < 1.29 is 4.79 Å². The molecule has 0 atom stereocenters. The highest BCUT2D eigenvalue weighted by Crippen LogP contribution is 2.35. The molecule has 0 saturated carbocycles. The van der Waals surface area contributed by atoms with Crippen LogP contribution in [0.15, 0.2) is 84.5 Å². The van der Waals surface area contributed by atoms with Crippen LogP contribution in [0.3, 0.4) is 0 Å². The van der Waals surface area contributed by atoms with Crippen LogP contribution < -0.4 is 5.32 Å². The molecule has 0 fully saturated rings. The lowest BCUT2D eigenvalue weighted by atomic mass is 10.0. The van der Waals surface area contributed by atoms with Crippen LogP contribution >= 0.6 is 11.3 Å². The fourth-order valence-electron chi connectivity index (χ4n) is 3.13. The molecule has 1 N–H and O–H groups in total. The van der Waals surface area contributed by atoms with Gasteiger partial charge < -0.3 is 9.88 Å². The van der Waals surface area contributed by atoms with Gasteiger partial charge in [-0.2, -0.15) is 0 Å². The van der Waals surface area contributed by atoms with Crippen LogP contribution in [-0.4, -0.2) is 10.5 Å². The summed E-state index contributed by atoms with van der Waals surface area (Å²) in [6.07, 6.45) is 3.96. The van der Waals surface area contributed by atoms with Gasteiger partial charge >= 0.3 is 0 Å². The van der Waals surface area contributed by atoms with Crippen molar-refractivity contribution in [3.63, 3.8) is 0 Å². The van der Waals surface area contributed by atoms with E-state index in [-0.39, 0.29) is 5.91 Å². The Hall–Kier alpha value is -3.11. The van der Waals surface area contributed by atoms with E-state index in [4.69, 9.17) is 0 Å². The van der Waals surface area contributed by atoms with Crippen LogP contribution in [0, 0.1) is 6.92 Å². The monoisotopic (exact) mass is 372 g/mol. The molecule has 0 aliphatic rings. The van der Waals surface area contributed by atoms with Crippen molar-refractivity contribution in [3.8, 4) is 16.8 Å². The van der Waals surface area contributed by atoms with Gasteiger partial charge in [0.25, 0.3) is 5.91 Å². The van der Waals surface area contributed by atoms with Crippen LogP contribution in [-0.2, 0) is 6.54 Å². The lowest BCUT2D eigenvalue weighted by Crippen LogP contribution is -2.23. The first-order valence-electron chi connectivity index (χ1n) is 8.86. The highest BCUT2D eigenvalue weighted by Gasteiger charge is 2.20. The zero-order valence-corrected chi connectivity index (χ0v) is 15.9. The Labute approximate surface area is 162 Å². The zero-order chi connectivity index (χ0) is 18.6. The first kappa shape index (κ1) is 17.3. The molecule has 0 unspecified atom stereocenters. The van der Waals surface area contributed by atoms with Gasteiger partial charge in [0.1, 0.15) is 4.88 Å². The van der Waals surface area contributed by atoms with Gasteiger partial charge in [-0.05, 0) is 30.2 Å². The predicted molar refractivity (Wildman–Crippen MR) is 111 cm³/mol. The number of thiophene rings is 1. The van der Waals surface area contributed by atoms with Crippen molar-refractivity contribution >= 4 is 17.2 Å². The molecule has 0 radical (unpaired) electrons. The molecule has 0 aliphatic heterocycles. The number of aromatic nitrogens is 1. The van der Waals surface area contributed by atoms with Gasteiger partial charge in [0.05, 0.1) is 5.69 Å². The number of nitrogens with one attached hydrogen (secondary N) is 1. The molecule has 4 aromatic rings. The number of amides is 1. The van der Waals surface area contributed by atoms with E-state index < -0.39 is 0 Å². The van der Waals surface area contributed by atoms with Crippen LogP contribution in [0.1, 0.15) is 20.8 Å². The Morgan fingerprint density at radius 1 is 1.00 bits per heavy atom. The number of benzene rings is 2. The fraction of sp³-hybridized carbons (Fsp3) is 0.0870. The molecule has 0 saturated heterocycles. The Balaban J connectivity index is 1.69. The zero-order valence-electron chi connectivity index (χ0n) is 15.1. The second-order valence-electron chi connectivity index (χ2n) is 6.46. The van der Waals surface area contributed by atoms with Gasteiger partial charge in [-0.3, -0.25) is 4.79 Å². The van der Waals surface area contributed by atoms with E-state index in [1.54, 1.807) is 0 Å². The number of aryl methyl sites for hydroxylation is 1. The van der Waals surface area contributed by atoms with Gasteiger partial charge in [0.15, 0.2) is 0 Å². The molecule has 4 heteroatoms. The summed E-state index contributed by atoms with van der Waals surface area (Å²) >= 11 is 1.49. The number of nitrogens with zero attached hydrogens (tertiary/aromatic N) is 1. The maximum Gasteiger partial charge on any atom is 0.263 e. The first-order valence-corrected chi connectivity index (χ1v) is 9.74. The van der Waals surface area contributed by atoms with Gasteiger partial charge in [-0.25, -0.2) is 0 Å². The molecule has 1 amide bonds. The molecular formula is C23H20N2OS. The van der Waals surface area contributed by atoms with Crippen molar-refractivity contribution in [1.29, 1.82) is 0 Å². The summed E-state index contributed by atoms with van der Waals surface area (Å²) in [7, 11) is 0. The van der Waals surface area contributed by atoms with E-state index >= 15 is 0 Å². The average molecular weight is 372 g/mol. The number of carbonyl (C=O) groups excluding carboxylic acids is 1. The quantitative estimate of drug-likeness (QED) is 0.497. The number of hydrogen-bond donors (Lipinski definition) is 1. The topological polar surface area (TPSA) is 34.0 Å². The van der Waals surface area contributed by atoms with Crippen LogP contribution in [0.25, 0.3) is 16.8 Å². The molecule has 2 aromatic carbocycles. The second-order valence-corrected chi connectivity index (χ2v) is 7.33. The molecule has 2 aromatic heterocycles. The van der Waals surface area contributed by atoms with E-state index in [1.165, 1.54) is 16.9 Å². The molecule has 4 rings (SSSR count). The van der Waals surface area contributed by atoms with Gasteiger partial charge in [-0.1, -0.05) is 60.2 Å². The van der Waals surface area contributed by atoms with Crippen LogP contribution in [0.4, 0.5) is 0 Å². The average Bonchev–Trinajstić information content (AvgIpc) is 3.36. The molecule has 2 heterocycles. The summed E-state index contributed by atoms with van der Waals surface area (Å²) in [5, 5.41) is 5.12. The second kappa shape index (κ2) is 7.64. The SMILES string of the molecule is Cc1cccc(-c2csc(C(=O)NCc3ccccc3)c2-n2cccc2)c1. The minimum Gasteiger partial charge on any atom is -0.347 e. The normalized spacial score (nSPS) is 10.7. The van der Waals surface area contributed by atoms with Crippen molar-refractivity contribution in [3.05, 3.63) is 101 Å². The third-order valence-corrected chi connectivity index (χ3v) is 5.43. The maximum absolute atomic E-state index is 12.9. The molecule has 27 heavy (non-hydrogen) atoms. The first-order chi connectivity index (χ1) is 13.2. The maximum atomic E-state index is 12.9. The highest BCUT2D eigenvalue weighted by atomic mass is 32.1. The summed E-state index contributed by atoms with van der Waals surface area (Å²) in [5.74, 6) is -0.0496. The third kappa shape index (κ3) is 3.71. The molecular weight excluding hydrogens is 352 g/mol. The molecule has 0 aliphatic carbocycles. The summed E-state index contributed by atoms with van der Waals surface area (Å²) in [6, 6.07) is 22.3. The van der Waals surface area contributed by atoms with Crippen molar-refractivity contribution in [1.82, 2.24) is 9.88 Å². The van der Waals surface area contributed by atoms with Crippen molar-refractivity contribution in [2.75, 3.05) is 0 Å². The summed E-state index contributed by atoms with van der Waals surface area (Å²) < 4.78 is 2.02. The van der Waals surface area contributed by atoms with Crippen molar-refractivity contribution in [2.24, 2.45) is 0 Å². The van der Waals surface area contributed by atoms with E-state index in [1.807, 2.05) is 59.4 Å². The lowest BCUT2D eigenvalue weighted by molar-refractivity contribution is 0.0955. The van der Waals surface area contributed by atoms with E-state index in [2.05, 4.69) is 41.9 Å². The number of hydrogen-bond acceptors (Lipinski definition) is 2. The van der Waals surface area contributed by atoms with E-state index in [0.29, 0.717) is 6.54 Å². The lowest BCUT2D eigenvalue weighted by Gasteiger charge is -2.11. The Kier molecular flexibility index (Phi) is 4.90. The predicted octanol–water partition coefficient (Wildman–Crippen LogP) is 5.44. The Bertz CT molecular complexity index is 1050. The van der Waals surface area contributed by atoms with Crippen molar-refractivity contribution in [2.45, 2.75) is 13.5 Å². The van der Waals surface area contributed by atoms with Crippen LogP contribution in [0.5, 0.6) is 0 Å². The number of carbonyl (C=O) groups is 1. The summed E-state index contributed by atoms with van der Waals surface area (Å²) in [5.41, 5.74) is 5.42. The van der Waals surface area contributed by atoms with Gasteiger partial charge in [-0.15, -0.1) is 11.3 Å². The fourth-order valence-corrected chi connectivity index (χ4v) is 4.12. The molecule has 134 valence electrons. The molecule has 0 spiro atoms. The highest BCUT2D eigenvalue weighted by molar-refractivity contribution is 7.13. The third-order valence-electron chi connectivity index (χ3n) is 4.46. The standard InChI is InChI=1S/C23H20N2OS/c1-17-8-7-11-19(14-17)20-16-27-22(21(20)25-12-5-6-13-25)23(26)24-15-18-9-3-2-4-10-18/h2-14,16H,15H2,1H3,(H,24,26). The largest absolute Gasteiger partial charge is 0.347 e.